The fourth-order valence-electron chi connectivity index (χ4n) is 2.16. The third-order valence-corrected chi connectivity index (χ3v) is 4.60. The normalized spacial score (nSPS) is 11.3. The average molecular weight is 313 g/mol. The van der Waals surface area contributed by atoms with E-state index in [0.717, 1.165) is 16.8 Å². The Labute approximate surface area is 129 Å². The number of anilines is 1. The Morgan fingerprint density at radius 1 is 1.09 bits per heavy atom. The number of sulfonamides is 1. The van der Waals surface area contributed by atoms with Crippen LogP contribution in [0.1, 0.15) is 5.56 Å². The fourth-order valence-corrected chi connectivity index (χ4v) is 3.31. The van der Waals surface area contributed by atoms with Crippen LogP contribution in [-0.4, -0.2) is 18.4 Å². The molecule has 1 heterocycles. The van der Waals surface area contributed by atoms with Crippen molar-refractivity contribution in [2.75, 3.05) is 4.72 Å². The minimum Gasteiger partial charge on any atom is -0.345 e. The molecule has 0 unspecified atom stereocenters. The van der Waals surface area contributed by atoms with Gasteiger partial charge in [-0.1, -0.05) is 24.3 Å². The van der Waals surface area contributed by atoms with Gasteiger partial charge in [0.2, 0.25) is 0 Å². The Morgan fingerprint density at radius 2 is 1.91 bits per heavy atom. The average Bonchev–Trinajstić information content (AvgIpc) is 3.01. The zero-order chi connectivity index (χ0) is 15.6. The summed E-state index contributed by atoms with van der Waals surface area (Å²) < 4.78 is 27.4. The molecular formula is C16H15N3O2S. The molecule has 0 amide bonds. The number of aromatic nitrogens is 2. The van der Waals surface area contributed by atoms with Crippen LogP contribution in [0.2, 0.25) is 0 Å². The van der Waals surface area contributed by atoms with E-state index in [1.165, 1.54) is 0 Å². The summed E-state index contributed by atoms with van der Waals surface area (Å²) >= 11 is 0. The summed E-state index contributed by atoms with van der Waals surface area (Å²) in [5.74, 6) is 0. The highest BCUT2D eigenvalue weighted by Gasteiger charge is 2.14. The van der Waals surface area contributed by atoms with Crippen molar-refractivity contribution in [1.29, 1.82) is 0 Å². The van der Waals surface area contributed by atoms with Gasteiger partial charge in [-0.3, -0.25) is 4.72 Å². The van der Waals surface area contributed by atoms with Crippen molar-refractivity contribution in [2.24, 2.45) is 0 Å². The predicted molar refractivity (Wildman–Crippen MR) is 86.0 cm³/mol. The summed E-state index contributed by atoms with van der Waals surface area (Å²) in [4.78, 5) is 7.21. The number of imidazole rings is 1. The summed E-state index contributed by atoms with van der Waals surface area (Å²) in [5, 5.41) is 0. The van der Waals surface area contributed by atoms with Crippen molar-refractivity contribution in [3.05, 3.63) is 66.6 Å². The van der Waals surface area contributed by atoms with Crippen LogP contribution >= 0.6 is 0 Å². The first-order valence-corrected chi connectivity index (χ1v) is 8.21. The third kappa shape index (κ3) is 3.01. The molecule has 112 valence electrons. The molecule has 0 bridgehead atoms. The van der Waals surface area contributed by atoms with Crippen LogP contribution < -0.4 is 4.72 Å². The first-order valence-electron chi connectivity index (χ1n) is 6.73. The van der Waals surface area contributed by atoms with E-state index < -0.39 is 10.0 Å². The molecule has 0 aliphatic rings. The Morgan fingerprint density at radius 3 is 2.64 bits per heavy atom. The summed E-state index contributed by atoms with van der Waals surface area (Å²) in [6.07, 6.45) is 3.27. The number of rotatable bonds is 4. The van der Waals surface area contributed by atoms with Gasteiger partial charge in [0.1, 0.15) is 0 Å². The topological polar surface area (TPSA) is 74.8 Å². The molecule has 22 heavy (non-hydrogen) atoms. The van der Waals surface area contributed by atoms with Crippen molar-refractivity contribution < 1.29 is 8.42 Å². The van der Waals surface area contributed by atoms with Gasteiger partial charge >= 0.3 is 0 Å². The van der Waals surface area contributed by atoms with Gasteiger partial charge in [0, 0.05) is 11.3 Å². The van der Waals surface area contributed by atoms with E-state index >= 15 is 0 Å². The number of H-pyrrole nitrogens is 1. The van der Waals surface area contributed by atoms with E-state index in [-0.39, 0.29) is 4.90 Å². The van der Waals surface area contributed by atoms with Crippen LogP contribution in [0.25, 0.3) is 11.3 Å². The highest BCUT2D eigenvalue weighted by atomic mass is 32.2. The largest absolute Gasteiger partial charge is 0.345 e. The molecule has 0 aliphatic heterocycles. The van der Waals surface area contributed by atoms with E-state index in [9.17, 15) is 8.42 Å². The lowest BCUT2D eigenvalue weighted by molar-refractivity contribution is 0.601. The number of benzene rings is 2. The number of aryl methyl sites for hydroxylation is 1. The van der Waals surface area contributed by atoms with Gasteiger partial charge in [0.25, 0.3) is 10.0 Å². The molecule has 2 N–H and O–H groups in total. The first kappa shape index (κ1) is 14.3. The van der Waals surface area contributed by atoms with Gasteiger partial charge in [0.15, 0.2) is 0 Å². The van der Waals surface area contributed by atoms with E-state index in [0.29, 0.717) is 5.69 Å². The zero-order valence-electron chi connectivity index (χ0n) is 11.9. The fraction of sp³-hybridized carbons (Fsp3) is 0.0625. The van der Waals surface area contributed by atoms with Gasteiger partial charge in [-0.15, -0.1) is 0 Å². The minimum atomic E-state index is -3.60. The van der Waals surface area contributed by atoms with Gasteiger partial charge in [-0.05, 0) is 36.8 Å². The summed E-state index contributed by atoms with van der Waals surface area (Å²) in [6.45, 7) is 1.86. The molecular weight excluding hydrogens is 298 g/mol. The Bertz CT molecular complexity index is 887. The molecule has 0 fully saturated rings. The van der Waals surface area contributed by atoms with Gasteiger partial charge in [-0.2, -0.15) is 0 Å². The second-order valence-electron chi connectivity index (χ2n) is 4.97. The van der Waals surface area contributed by atoms with Gasteiger partial charge < -0.3 is 4.98 Å². The molecule has 0 aliphatic carbocycles. The number of hydrogen-bond donors (Lipinski definition) is 2. The quantitative estimate of drug-likeness (QED) is 0.777. The second kappa shape index (κ2) is 5.65. The van der Waals surface area contributed by atoms with Gasteiger partial charge in [-0.25, -0.2) is 13.4 Å². The highest BCUT2D eigenvalue weighted by molar-refractivity contribution is 7.92. The Kier molecular flexibility index (Phi) is 3.68. The molecule has 6 heteroatoms. The van der Waals surface area contributed by atoms with Crippen LogP contribution in [-0.2, 0) is 10.0 Å². The Balaban J connectivity index is 1.91. The number of aromatic amines is 1. The lowest BCUT2D eigenvalue weighted by Crippen LogP contribution is -2.13. The maximum atomic E-state index is 12.4. The first-order chi connectivity index (χ1) is 10.5. The summed E-state index contributed by atoms with van der Waals surface area (Å²) in [7, 11) is -3.60. The molecule has 0 radical (unpaired) electrons. The standard InChI is InChI=1S/C16H15N3O2S/c1-12-4-2-7-15(8-12)22(20,21)19-14-6-3-5-13(9-14)16-10-17-11-18-16/h2-11,19H,1H3,(H,17,18). The van der Waals surface area contributed by atoms with Gasteiger partial charge in [0.05, 0.1) is 23.1 Å². The van der Waals surface area contributed by atoms with Crippen LogP contribution in [0.15, 0.2) is 66.0 Å². The SMILES string of the molecule is Cc1cccc(S(=O)(=O)Nc2cccc(-c3cnc[nH]3)c2)c1. The lowest BCUT2D eigenvalue weighted by Gasteiger charge is -2.09. The smallest absolute Gasteiger partial charge is 0.261 e. The van der Waals surface area contributed by atoms with Crippen molar-refractivity contribution >= 4 is 15.7 Å². The molecule has 0 saturated heterocycles. The van der Waals surface area contributed by atoms with Crippen molar-refractivity contribution in [3.8, 4) is 11.3 Å². The molecule has 2 aromatic carbocycles. The number of hydrogen-bond acceptors (Lipinski definition) is 3. The van der Waals surface area contributed by atoms with Crippen LogP contribution in [0.4, 0.5) is 5.69 Å². The molecule has 0 atom stereocenters. The monoisotopic (exact) mass is 313 g/mol. The Hall–Kier alpha value is -2.60. The molecule has 0 saturated carbocycles. The summed E-state index contributed by atoms with van der Waals surface area (Å²) in [5.41, 5.74) is 3.10. The summed E-state index contributed by atoms with van der Waals surface area (Å²) in [6, 6.07) is 14.0. The number of nitrogens with one attached hydrogen (secondary N) is 2. The van der Waals surface area contributed by atoms with E-state index in [1.807, 2.05) is 19.1 Å². The van der Waals surface area contributed by atoms with Crippen LogP contribution in [0, 0.1) is 6.92 Å². The van der Waals surface area contributed by atoms with E-state index in [1.54, 1.807) is 48.9 Å². The van der Waals surface area contributed by atoms with E-state index in [4.69, 9.17) is 0 Å². The zero-order valence-corrected chi connectivity index (χ0v) is 12.8. The van der Waals surface area contributed by atoms with Crippen LogP contribution in [0.5, 0.6) is 0 Å². The lowest BCUT2D eigenvalue weighted by atomic mass is 10.1. The minimum absolute atomic E-state index is 0.249. The second-order valence-corrected chi connectivity index (χ2v) is 6.65. The van der Waals surface area contributed by atoms with Crippen molar-refractivity contribution in [3.63, 3.8) is 0 Å². The molecule has 0 spiro atoms. The maximum absolute atomic E-state index is 12.4. The molecule has 3 rings (SSSR count). The molecule has 3 aromatic rings. The number of nitrogens with zero attached hydrogens (tertiary/aromatic N) is 1. The van der Waals surface area contributed by atoms with Crippen molar-refractivity contribution in [2.45, 2.75) is 11.8 Å². The van der Waals surface area contributed by atoms with Crippen LogP contribution in [0.3, 0.4) is 0 Å². The highest BCUT2D eigenvalue weighted by Crippen LogP contribution is 2.22. The predicted octanol–water partition coefficient (Wildman–Crippen LogP) is 3.19. The molecule has 1 aromatic heterocycles. The molecule has 5 nitrogen and oxygen atoms in total. The van der Waals surface area contributed by atoms with E-state index in [2.05, 4.69) is 14.7 Å². The third-order valence-electron chi connectivity index (χ3n) is 3.22. The van der Waals surface area contributed by atoms with Crippen molar-refractivity contribution in [1.82, 2.24) is 9.97 Å². The maximum Gasteiger partial charge on any atom is 0.261 e.